The predicted molar refractivity (Wildman–Crippen MR) is 153 cm³/mol. The second-order valence-corrected chi connectivity index (χ2v) is 12.3. The Bertz CT molecular complexity index is 962. The van der Waals surface area contributed by atoms with E-state index in [-0.39, 0.29) is 56.8 Å². The number of Topliss-reactive ketones (excluding diaryl/α,β-unsaturated/α-hetero) is 1. The Balaban J connectivity index is 1.52. The molecule has 4 rings (SSSR count). The first-order valence-corrected chi connectivity index (χ1v) is 15.5. The lowest BCUT2D eigenvalue weighted by Crippen LogP contribution is -2.62. The van der Waals surface area contributed by atoms with E-state index < -0.39 is 86.1 Å². The quantitative estimate of drug-likeness (QED) is 0.0992. The predicted octanol–water partition coefficient (Wildman–Crippen LogP) is -3.23. The number of nitrogens with zero attached hydrogens (tertiary/aromatic N) is 1. The lowest BCUT2D eigenvalue weighted by Gasteiger charge is -2.46. The molecule has 0 unspecified atom stereocenters. The fourth-order valence-corrected chi connectivity index (χ4v) is 6.42. The number of ether oxygens (including phenoxy) is 6. The van der Waals surface area contributed by atoms with Gasteiger partial charge in [-0.2, -0.15) is 5.26 Å². The number of rotatable bonds is 13. The summed E-state index contributed by atoms with van der Waals surface area (Å²) in [7, 11) is 0. The summed E-state index contributed by atoms with van der Waals surface area (Å²) in [6, 6.07) is 0.238. The Morgan fingerprint density at radius 1 is 0.795 bits per heavy atom. The Morgan fingerprint density at radius 2 is 1.36 bits per heavy atom. The molecule has 13 N–H and O–H groups in total. The van der Waals surface area contributed by atoms with Gasteiger partial charge in [0.1, 0.15) is 36.3 Å². The first-order valence-electron chi connectivity index (χ1n) is 15.5. The van der Waals surface area contributed by atoms with Crippen LogP contribution in [0.3, 0.4) is 0 Å². The highest BCUT2D eigenvalue weighted by atomic mass is 16.8. The highest BCUT2D eigenvalue weighted by Gasteiger charge is 2.53. The summed E-state index contributed by atoms with van der Waals surface area (Å²) in [6.07, 6.45) is -7.91. The maximum atomic E-state index is 12.6. The monoisotopic (exact) mass is 630 g/mol. The molecule has 0 radical (unpaired) electrons. The van der Waals surface area contributed by atoms with Gasteiger partial charge < -0.3 is 72.4 Å². The van der Waals surface area contributed by atoms with Crippen LogP contribution in [0.2, 0.25) is 0 Å². The minimum absolute atomic E-state index is 0.0316. The maximum absolute atomic E-state index is 12.6. The summed E-state index contributed by atoms with van der Waals surface area (Å²) in [6.45, 7) is 0.0240. The van der Waals surface area contributed by atoms with E-state index in [0.29, 0.717) is 25.7 Å². The van der Waals surface area contributed by atoms with Crippen molar-refractivity contribution in [2.45, 2.75) is 137 Å². The summed E-state index contributed by atoms with van der Waals surface area (Å²) in [5.74, 6) is -0.824. The molecule has 0 aromatic heterocycles. The fourth-order valence-electron chi connectivity index (χ4n) is 6.42. The molecule has 3 saturated heterocycles. The van der Waals surface area contributed by atoms with Crippen LogP contribution in [0, 0.1) is 17.2 Å². The summed E-state index contributed by atoms with van der Waals surface area (Å²) >= 11 is 0. The molecule has 16 nitrogen and oxygen atoms in total. The van der Waals surface area contributed by atoms with E-state index in [2.05, 4.69) is 0 Å². The number of carbonyl (C=O) groups excluding carboxylic acids is 1. The van der Waals surface area contributed by atoms with Crippen LogP contribution in [-0.2, 0) is 33.2 Å². The largest absolute Gasteiger partial charge is 0.394 e. The normalized spacial score (nSPS) is 44.8. The zero-order valence-corrected chi connectivity index (χ0v) is 25.0. The molecule has 0 aromatic rings. The van der Waals surface area contributed by atoms with E-state index >= 15 is 0 Å². The van der Waals surface area contributed by atoms with Crippen LogP contribution in [0.5, 0.6) is 0 Å². The molecule has 0 spiro atoms. The molecule has 4 fully saturated rings. The number of aliphatic hydroxyl groups is 3. The minimum atomic E-state index is -1.43. The Morgan fingerprint density at radius 3 is 1.91 bits per heavy atom. The van der Waals surface area contributed by atoms with Crippen LogP contribution in [0.15, 0.2) is 0 Å². The molecule has 0 amide bonds. The van der Waals surface area contributed by atoms with Crippen molar-refractivity contribution in [2.24, 2.45) is 34.6 Å². The first kappa shape index (κ1) is 35.5. The van der Waals surface area contributed by atoms with Gasteiger partial charge in [0, 0.05) is 38.4 Å². The zero-order chi connectivity index (χ0) is 32.0. The second-order valence-electron chi connectivity index (χ2n) is 12.3. The zero-order valence-electron chi connectivity index (χ0n) is 25.0. The molecule has 1 saturated carbocycles. The molecule has 0 aromatic carbocycles. The first-order chi connectivity index (χ1) is 21.1. The van der Waals surface area contributed by atoms with Gasteiger partial charge in [0.2, 0.25) is 0 Å². The Labute approximate surface area is 257 Å². The van der Waals surface area contributed by atoms with Gasteiger partial charge in [-0.05, 0) is 38.0 Å². The Hall–Kier alpha value is -1.40. The number of carbonyl (C=O) groups is 1. The van der Waals surface area contributed by atoms with Crippen LogP contribution < -0.4 is 28.7 Å². The van der Waals surface area contributed by atoms with E-state index in [1.807, 2.05) is 6.07 Å². The summed E-state index contributed by atoms with van der Waals surface area (Å²) in [5, 5.41) is 41.8. The minimum Gasteiger partial charge on any atom is -0.394 e. The molecule has 0 bridgehead atoms. The number of nitrogens with two attached hydrogens (primary N) is 5. The van der Waals surface area contributed by atoms with Crippen molar-refractivity contribution in [3.05, 3.63) is 0 Å². The molecule has 252 valence electrons. The van der Waals surface area contributed by atoms with Crippen LogP contribution in [0.4, 0.5) is 0 Å². The van der Waals surface area contributed by atoms with Gasteiger partial charge in [-0.3, -0.25) is 4.79 Å². The third kappa shape index (κ3) is 8.49. The van der Waals surface area contributed by atoms with Gasteiger partial charge in [-0.1, -0.05) is 0 Å². The average molecular weight is 631 g/mol. The number of nitriles is 1. The van der Waals surface area contributed by atoms with E-state index in [1.165, 1.54) is 0 Å². The van der Waals surface area contributed by atoms with Crippen molar-refractivity contribution in [2.75, 3.05) is 19.7 Å². The number of ketones is 1. The van der Waals surface area contributed by atoms with E-state index in [4.69, 9.17) is 62.4 Å². The molecule has 44 heavy (non-hydrogen) atoms. The maximum Gasteiger partial charge on any atom is 0.187 e. The van der Waals surface area contributed by atoms with Gasteiger partial charge in [0.25, 0.3) is 0 Å². The molecular formula is C28H50N6O10. The van der Waals surface area contributed by atoms with Gasteiger partial charge in [-0.15, -0.1) is 0 Å². The third-order valence-corrected chi connectivity index (χ3v) is 9.01. The second kappa shape index (κ2) is 16.4. The van der Waals surface area contributed by atoms with E-state index in [9.17, 15) is 20.1 Å². The highest BCUT2D eigenvalue weighted by molar-refractivity contribution is 5.78. The van der Waals surface area contributed by atoms with Crippen molar-refractivity contribution in [3.8, 4) is 6.07 Å². The highest BCUT2D eigenvalue weighted by Crippen LogP contribution is 2.37. The summed E-state index contributed by atoms with van der Waals surface area (Å²) in [4.78, 5) is 12.6. The van der Waals surface area contributed by atoms with Crippen molar-refractivity contribution >= 4 is 5.78 Å². The van der Waals surface area contributed by atoms with Crippen LogP contribution in [0.1, 0.15) is 51.4 Å². The number of hydrogen-bond acceptors (Lipinski definition) is 16. The SMILES string of the molecule is N#CCCC(=O)C[C@@H]1C[C@H](N)[C@@H](O[C@H]2O[C@H](CN)CC[C@H]2N)[C@H](O[C@@H]2O[C@H](CO)[C@@H](O[C@H]3O[C@@H](CN)CC[C@H]3N)[C@H]2O)[C@H]1O. The average Bonchev–Trinajstić information content (AvgIpc) is 3.31. The standard InChI is InChI=1S/C28H50N6O10/c29-7-1-2-14(36)8-13-9-19(34)23(42-26-17(32)5-3-15(10-30)39-26)25(21(13)37)44-28-22(38)24(20(12-35)41-28)43-27-18(33)6-4-16(11-31)40-27/h13,15-28,35,37-38H,1-6,8-12,30-34H2/t13-,15+,16-,17-,18-,19+,20-,21+,22-,23-,24-,25-,26-,27-,28+/m1/s1. The lowest BCUT2D eigenvalue weighted by molar-refractivity contribution is -0.291. The molecule has 16 heteroatoms. The number of aliphatic hydroxyl groups excluding tert-OH is 3. The van der Waals surface area contributed by atoms with Crippen molar-refractivity contribution < 1.29 is 48.5 Å². The summed E-state index contributed by atoms with van der Waals surface area (Å²) < 4.78 is 36.2. The third-order valence-electron chi connectivity index (χ3n) is 9.01. The van der Waals surface area contributed by atoms with Crippen molar-refractivity contribution in [1.29, 1.82) is 5.26 Å². The van der Waals surface area contributed by atoms with Gasteiger partial charge in [-0.25, -0.2) is 0 Å². The van der Waals surface area contributed by atoms with Crippen LogP contribution >= 0.6 is 0 Å². The van der Waals surface area contributed by atoms with Crippen molar-refractivity contribution in [1.82, 2.24) is 0 Å². The summed E-state index contributed by atoms with van der Waals surface area (Å²) in [5.41, 5.74) is 30.6. The fraction of sp³-hybridized carbons (Fsp3) is 0.929. The van der Waals surface area contributed by atoms with E-state index in [1.54, 1.807) is 0 Å². The van der Waals surface area contributed by atoms with Crippen LogP contribution in [0.25, 0.3) is 0 Å². The Kier molecular flexibility index (Phi) is 13.2. The van der Waals surface area contributed by atoms with Gasteiger partial charge in [0.05, 0.1) is 43.1 Å². The van der Waals surface area contributed by atoms with Crippen LogP contribution in [-0.4, -0.2) is 127 Å². The molecule has 15 atom stereocenters. The van der Waals surface area contributed by atoms with Gasteiger partial charge >= 0.3 is 0 Å². The molecule has 3 heterocycles. The van der Waals surface area contributed by atoms with Gasteiger partial charge in [0.15, 0.2) is 18.9 Å². The van der Waals surface area contributed by atoms with Crippen molar-refractivity contribution in [3.63, 3.8) is 0 Å². The smallest absolute Gasteiger partial charge is 0.187 e. The molecular weight excluding hydrogens is 580 g/mol. The lowest BCUT2D eigenvalue weighted by atomic mass is 9.77. The molecule has 3 aliphatic heterocycles. The topological polar surface area (TPSA) is 287 Å². The molecule has 4 aliphatic rings. The number of hydrogen-bond donors (Lipinski definition) is 8. The molecule has 1 aliphatic carbocycles. The van der Waals surface area contributed by atoms with E-state index in [0.717, 1.165) is 0 Å².